The van der Waals surface area contributed by atoms with E-state index >= 15 is 0 Å². The van der Waals surface area contributed by atoms with Gasteiger partial charge in [0.15, 0.2) is 0 Å². The largest absolute Gasteiger partial charge is 0.384 e. The summed E-state index contributed by atoms with van der Waals surface area (Å²) in [6.45, 7) is 6.47. The normalized spacial score (nSPS) is 20.7. The number of nitrogens with one attached hydrogen (secondary N) is 1. The molecule has 1 aromatic rings. The minimum absolute atomic E-state index is 0.438. The van der Waals surface area contributed by atoms with E-state index in [-0.39, 0.29) is 0 Å². The summed E-state index contributed by atoms with van der Waals surface area (Å²) in [7, 11) is 1.81. The molecule has 3 heteroatoms. The van der Waals surface area contributed by atoms with Crippen molar-refractivity contribution in [3.63, 3.8) is 0 Å². The van der Waals surface area contributed by atoms with Gasteiger partial charge < -0.3 is 10.1 Å². The van der Waals surface area contributed by atoms with Crippen LogP contribution in [-0.4, -0.2) is 44.3 Å². The Balaban J connectivity index is 1.72. The summed E-state index contributed by atoms with van der Waals surface area (Å²) in [5, 5.41) is 3.49. The topological polar surface area (TPSA) is 24.5 Å². The number of anilines is 1. The number of likely N-dealkylation sites (tertiary alicyclic amines) is 1. The molecular formula is C14H22N2O. The number of rotatable bonds is 5. The van der Waals surface area contributed by atoms with Crippen LogP contribution in [0, 0.1) is 6.92 Å². The highest BCUT2D eigenvalue weighted by Gasteiger charge is 2.20. The van der Waals surface area contributed by atoms with E-state index in [4.69, 9.17) is 4.74 Å². The van der Waals surface area contributed by atoms with Crippen LogP contribution >= 0.6 is 0 Å². The Morgan fingerprint density at radius 1 is 1.41 bits per heavy atom. The van der Waals surface area contributed by atoms with Crippen molar-refractivity contribution in [2.75, 3.05) is 38.6 Å². The zero-order valence-corrected chi connectivity index (χ0v) is 10.8. The minimum atomic E-state index is 0.438. The van der Waals surface area contributed by atoms with E-state index in [1.54, 1.807) is 7.11 Å². The maximum absolute atomic E-state index is 5.36. The smallest absolute Gasteiger partial charge is 0.0710 e. The van der Waals surface area contributed by atoms with Crippen LogP contribution in [0.4, 0.5) is 5.69 Å². The summed E-state index contributed by atoms with van der Waals surface area (Å²) >= 11 is 0. The maximum Gasteiger partial charge on any atom is 0.0710 e. The molecule has 1 unspecified atom stereocenters. The summed E-state index contributed by atoms with van der Waals surface area (Å²) < 4.78 is 5.36. The summed E-state index contributed by atoms with van der Waals surface area (Å²) in [6, 6.07) is 8.42. The molecule has 1 saturated heterocycles. The second-order valence-electron chi connectivity index (χ2n) is 4.69. The van der Waals surface area contributed by atoms with Gasteiger partial charge >= 0.3 is 0 Å². The monoisotopic (exact) mass is 234 g/mol. The molecule has 3 nitrogen and oxygen atoms in total. The first kappa shape index (κ1) is 12.4. The van der Waals surface area contributed by atoms with Crippen molar-refractivity contribution in [2.45, 2.75) is 19.4 Å². The fourth-order valence-corrected chi connectivity index (χ4v) is 2.31. The fraction of sp³-hybridized carbons (Fsp3) is 0.571. The standard InChI is InChI=1S/C14H22N2O/c1-12-5-3-4-6-14(12)15-8-10-16-9-7-13(11-16)17-2/h3-6,13,15H,7-11H2,1-2H3. The third-order valence-corrected chi connectivity index (χ3v) is 3.45. The first-order valence-corrected chi connectivity index (χ1v) is 6.34. The molecule has 0 saturated carbocycles. The van der Waals surface area contributed by atoms with Gasteiger partial charge in [-0.2, -0.15) is 0 Å². The third-order valence-electron chi connectivity index (χ3n) is 3.45. The first-order chi connectivity index (χ1) is 8.29. The van der Waals surface area contributed by atoms with Crippen molar-refractivity contribution in [1.82, 2.24) is 4.90 Å². The Bertz CT molecular complexity index is 354. The predicted molar refractivity (Wildman–Crippen MR) is 71.5 cm³/mol. The third kappa shape index (κ3) is 3.45. The Kier molecular flexibility index (Phi) is 4.40. The van der Waals surface area contributed by atoms with Gasteiger partial charge in [0.05, 0.1) is 6.10 Å². The van der Waals surface area contributed by atoms with Crippen LogP contribution in [0.3, 0.4) is 0 Å². The summed E-state index contributed by atoms with van der Waals surface area (Å²) in [5.74, 6) is 0. The lowest BCUT2D eigenvalue weighted by atomic mass is 10.2. The SMILES string of the molecule is COC1CCN(CCNc2ccccc2C)C1. The van der Waals surface area contributed by atoms with E-state index in [2.05, 4.69) is 41.4 Å². The van der Waals surface area contributed by atoms with Gasteiger partial charge in [-0.15, -0.1) is 0 Å². The van der Waals surface area contributed by atoms with E-state index < -0.39 is 0 Å². The number of hydrogen-bond donors (Lipinski definition) is 1. The molecule has 0 bridgehead atoms. The Morgan fingerprint density at radius 2 is 2.24 bits per heavy atom. The molecule has 17 heavy (non-hydrogen) atoms. The maximum atomic E-state index is 5.36. The molecule has 0 spiro atoms. The van der Waals surface area contributed by atoms with Crippen molar-refractivity contribution in [3.05, 3.63) is 29.8 Å². The van der Waals surface area contributed by atoms with Gasteiger partial charge in [0.25, 0.3) is 0 Å². The van der Waals surface area contributed by atoms with Crippen LogP contribution in [0.2, 0.25) is 0 Å². The van der Waals surface area contributed by atoms with Gasteiger partial charge in [0.2, 0.25) is 0 Å². The number of para-hydroxylation sites is 1. The number of hydrogen-bond acceptors (Lipinski definition) is 3. The molecule has 1 heterocycles. The van der Waals surface area contributed by atoms with Crippen LogP contribution in [0.15, 0.2) is 24.3 Å². The van der Waals surface area contributed by atoms with E-state index in [9.17, 15) is 0 Å². The van der Waals surface area contributed by atoms with Crippen molar-refractivity contribution in [1.29, 1.82) is 0 Å². The molecule has 0 aromatic heterocycles. The lowest BCUT2D eigenvalue weighted by Crippen LogP contribution is -2.28. The number of methoxy groups -OCH3 is 1. The van der Waals surface area contributed by atoms with Crippen molar-refractivity contribution in [3.8, 4) is 0 Å². The Labute approximate surface area is 104 Å². The van der Waals surface area contributed by atoms with Gasteiger partial charge in [-0.3, -0.25) is 4.90 Å². The molecule has 1 fully saturated rings. The Morgan fingerprint density at radius 3 is 2.94 bits per heavy atom. The van der Waals surface area contributed by atoms with E-state index in [0.717, 1.165) is 26.2 Å². The fourth-order valence-electron chi connectivity index (χ4n) is 2.31. The van der Waals surface area contributed by atoms with Crippen LogP contribution in [-0.2, 0) is 4.74 Å². The molecule has 0 amide bonds. The highest BCUT2D eigenvalue weighted by Crippen LogP contribution is 2.14. The van der Waals surface area contributed by atoms with Crippen LogP contribution in [0.5, 0.6) is 0 Å². The van der Waals surface area contributed by atoms with Crippen LogP contribution < -0.4 is 5.32 Å². The van der Waals surface area contributed by atoms with Gasteiger partial charge in [-0.25, -0.2) is 0 Å². The van der Waals surface area contributed by atoms with E-state index in [1.165, 1.54) is 17.7 Å². The number of benzene rings is 1. The molecule has 0 radical (unpaired) electrons. The highest BCUT2D eigenvalue weighted by atomic mass is 16.5. The number of ether oxygens (including phenoxy) is 1. The molecule has 1 aliphatic heterocycles. The Hall–Kier alpha value is -1.06. The molecule has 1 aromatic carbocycles. The molecule has 1 N–H and O–H groups in total. The zero-order valence-electron chi connectivity index (χ0n) is 10.8. The van der Waals surface area contributed by atoms with E-state index in [1.807, 2.05) is 0 Å². The predicted octanol–water partition coefficient (Wildman–Crippen LogP) is 2.13. The van der Waals surface area contributed by atoms with Gasteiger partial charge in [-0.05, 0) is 25.0 Å². The lowest BCUT2D eigenvalue weighted by Gasteiger charge is -2.17. The highest BCUT2D eigenvalue weighted by molar-refractivity contribution is 5.50. The zero-order chi connectivity index (χ0) is 12.1. The summed E-state index contributed by atoms with van der Waals surface area (Å²) in [6.07, 6.45) is 1.61. The van der Waals surface area contributed by atoms with Crippen molar-refractivity contribution < 1.29 is 4.74 Å². The van der Waals surface area contributed by atoms with Gasteiger partial charge in [0, 0.05) is 39.0 Å². The van der Waals surface area contributed by atoms with Crippen LogP contribution in [0.25, 0.3) is 0 Å². The molecule has 1 aliphatic rings. The molecule has 2 rings (SSSR count). The van der Waals surface area contributed by atoms with Crippen molar-refractivity contribution >= 4 is 5.69 Å². The van der Waals surface area contributed by atoms with Crippen LogP contribution in [0.1, 0.15) is 12.0 Å². The lowest BCUT2D eigenvalue weighted by molar-refractivity contribution is 0.108. The number of nitrogens with zero attached hydrogens (tertiary/aromatic N) is 1. The second kappa shape index (κ2) is 6.03. The average Bonchev–Trinajstić information content (AvgIpc) is 2.80. The van der Waals surface area contributed by atoms with E-state index in [0.29, 0.717) is 6.10 Å². The second-order valence-corrected chi connectivity index (χ2v) is 4.69. The van der Waals surface area contributed by atoms with Crippen molar-refractivity contribution in [2.24, 2.45) is 0 Å². The minimum Gasteiger partial charge on any atom is -0.384 e. The quantitative estimate of drug-likeness (QED) is 0.844. The summed E-state index contributed by atoms with van der Waals surface area (Å²) in [5.41, 5.74) is 2.55. The summed E-state index contributed by atoms with van der Waals surface area (Å²) in [4.78, 5) is 2.46. The van der Waals surface area contributed by atoms with Gasteiger partial charge in [0.1, 0.15) is 0 Å². The first-order valence-electron chi connectivity index (χ1n) is 6.34. The average molecular weight is 234 g/mol. The van der Waals surface area contributed by atoms with Gasteiger partial charge in [-0.1, -0.05) is 18.2 Å². The molecule has 1 atom stereocenters. The molecule has 0 aliphatic carbocycles. The molecule has 94 valence electrons. The number of aryl methyl sites for hydroxylation is 1. The molecular weight excluding hydrogens is 212 g/mol.